The number of benzene rings is 9. The molecule has 2 heterocycles. The lowest BCUT2D eigenvalue weighted by Crippen LogP contribution is -1.96. The molecule has 2 aromatic heterocycles. The molecular formula is C55H35N3. The first-order valence-electron chi connectivity index (χ1n) is 19.7. The topological polar surface area (TPSA) is 38.7 Å². The van der Waals surface area contributed by atoms with Gasteiger partial charge in [-0.3, -0.25) is 0 Å². The summed E-state index contributed by atoms with van der Waals surface area (Å²) in [4.78, 5) is 15.6. The molecule has 0 radical (unpaired) electrons. The van der Waals surface area contributed by atoms with Crippen molar-refractivity contribution in [3.8, 4) is 67.4 Å². The maximum absolute atomic E-state index is 5.36. The summed E-state index contributed by atoms with van der Waals surface area (Å²) in [6, 6.07) is 75.0. The highest BCUT2D eigenvalue weighted by Crippen LogP contribution is 2.43. The Morgan fingerprint density at radius 1 is 0.241 bits per heavy atom. The van der Waals surface area contributed by atoms with E-state index in [2.05, 4.69) is 188 Å². The summed E-state index contributed by atoms with van der Waals surface area (Å²) in [6.45, 7) is 0. The van der Waals surface area contributed by atoms with Gasteiger partial charge < -0.3 is 0 Å². The zero-order valence-corrected chi connectivity index (χ0v) is 31.5. The van der Waals surface area contributed by atoms with Gasteiger partial charge in [0.25, 0.3) is 0 Å². The van der Waals surface area contributed by atoms with Crippen molar-refractivity contribution in [2.45, 2.75) is 0 Å². The number of aromatic nitrogens is 3. The highest BCUT2D eigenvalue weighted by Gasteiger charge is 2.18. The van der Waals surface area contributed by atoms with Crippen molar-refractivity contribution in [3.05, 3.63) is 212 Å². The summed E-state index contributed by atoms with van der Waals surface area (Å²) in [6.07, 6.45) is 0. The molecule has 0 spiro atoms. The molecule has 58 heavy (non-hydrogen) atoms. The van der Waals surface area contributed by atoms with E-state index >= 15 is 0 Å². The van der Waals surface area contributed by atoms with E-state index in [9.17, 15) is 0 Å². The van der Waals surface area contributed by atoms with Crippen LogP contribution in [0, 0.1) is 0 Å². The van der Waals surface area contributed by atoms with Crippen LogP contribution in [-0.4, -0.2) is 15.0 Å². The fourth-order valence-corrected chi connectivity index (χ4v) is 8.44. The molecular weight excluding hydrogens is 703 g/mol. The molecule has 3 nitrogen and oxygen atoms in total. The highest BCUT2D eigenvalue weighted by atomic mass is 14.9. The maximum atomic E-state index is 5.36. The van der Waals surface area contributed by atoms with E-state index in [0.717, 1.165) is 56.0 Å². The van der Waals surface area contributed by atoms with E-state index in [0.29, 0.717) is 5.82 Å². The minimum Gasteiger partial charge on any atom is -0.247 e. The lowest BCUT2D eigenvalue weighted by Gasteiger charge is -2.16. The van der Waals surface area contributed by atoms with Gasteiger partial charge in [-0.2, -0.15) is 0 Å². The second kappa shape index (κ2) is 14.1. The van der Waals surface area contributed by atoms with Gasteiger partial charge in [0.1, 0.15) is 0 Å². The van der Waals surface area contributed by atoms with E-state index < -0.39 is 0 Å². The summed E-state index contributed by atoms with van der Waals surface area (Å²) in [5, 5.41) is 8.57. The summed E-state index contributed by atoms with van der Waals surface area (Å²) < 4.78 is 0. The average Bonchev–Trinajstić information content (AvgIpc) is 3.32. The van der Waals surface area contributed by atoms with Crippen molar-refractivity contribution < 1.29 is 0 Å². The third-order valence-electron chi connectivity index (χ3n) is 11.3. The second-order valence-electron chi connectivity index (χ2n) is 14.7. The number of hydrogen-bond donors (Lipinski definition) is 0. The molecule has 0 fully saturated rings. The molecule has 0 amide bonds. The van der Waals surface area contributed by atoms with Crippen LogP contribution in [0.1, 0.15) is 0 Å². The monoisotopic (exact) mass is 737 g/mol. The largest absolute Gasteiger partial charge is 0.247 e. The number of rotatable bonds is 6. The zero-order chi connectivity index (χ0) is 38.4. The quantitative estimate of drug-likeness (QED) is 0.160. The lowest BCUT2D eigenvalue weighted by molar-refractivity contribution is 1.18. The van der Waals surface area contributed by atoms with Crippen molar-refractivity contribution in [1.82, 2.24) is 15.0 Å². The Bertz CT molecular complexity index is 3300. The van der Waals surface area contributed by atoms with E-state index in [1.165, 1.54) is 48.8 Å². The smallest absolute Gasteiger partial charge is 0.160 e. The molecule has 0 saturated carbocycles. The van der Waals surface area contributed by atoms with Gasteiger partial charge in [0.2, 0.25) is 0 Å². The Balaban J connectivity index is 1.01. The minimum absolute atomic E-state index is 0.699. The molecule has 0 aliphatic heterocycles. The molecule has 0 unspecified atom stereocenters. The molecule has 0 N–H and O–H groups in total. The molecule has 0 saturated heterocycles. The molecule has 270 valence electrons. The van der Waals surface area contributed by atoms with E-state index in [4.69, 9.17) is 15.0 Å². The summed E-state index contributed by atoms with van der Waals surface area (Å²) in [5.74, 6) is 0.699. The molecule has 11 aromatic rings. The number of para-hydroxylation sites is 1. The first-order chi connectivity index (χ1) is 28.7. The second-order valence-corrected chi connectivity index (χ2v) is 14.7. The Kier molecular flexibility index (Phi) is 8.15. The van der Waals surface area contributed by atoms with Crippen LogP contribution in [0.15, 0.2) is 212 Å². The standard InChI is InChI=1S/C55H35N3/c1-3-14-36(15-4-1)37-26-30-39(31-27-37)50-35-51(58-55(57-50)41-16-5-2-6-17-41)43-19-13-18-42(34-43)38-28-32-40(33-29-38)54-53-47-23-10-8-21-45(47)44-20-7-9-22-46(44)52(53)48-24-11-12-25-49(48)56-54/h1-35H. The van der Waals surface area contributed by atoms with Crippen molar-refractivity contribution in [2.24, 2.45) is 0 Å². The van der Waals surface area contributed by atoms with Crippen LogP contribution >= 0.6 is 0 Å². The van der Waals surface area contributed by atoms with Crippen LogP contribution in [0.25, 0.3) is 111 Å². The molecule has 0 bridgehead atoms. The van der Waals surface area contributed by atoms with Crippen molar-refractivity contribution in [2.75, 3.05) is 0 Å². The predicted octanol–water partition coefficient (Wildman–Crippen LogP) is 14.5. The van der Waals surface area contributed by atoms with Gasteiger partial charge in [-0.25, -0.2) is 15.0 Å². The number of fused-ring (bicyclic) bond motifs is 8. The molecule has 3 heteroatoms. The Labute approximate surface area is 336 Å². The maximum Gasteiger partial charge on any atom is 0.160 e. The number of nitrogens with zero attached hydrogens (tertiary/aromatic N) is 3. The lowest BCUT2D eigenvalue weighted by atomic mass is 9.89. The molecule has 0 atom stereocenters. The zero-order valence-electron chi connectivity index (χ0n) is 31.5. The van der Waals surface area contributed by atoms with Gasteiger partial charge in [0.15, 0.2) is 5.82 Å². The number of hydrogen-bond acceptors (Lipinski definition) is 3. The number of pyridine rings is 1. The fourth-order valence-electron chi connectivity index (χ4n) is 8.44. The van der Waals surface area contributed by atoms with Crippen LogP contribution in [0.5, 0.6) is 0 Å². The van der Waals surface area contributed by atoms with Crippen molar-refractivity contribution >= 4 is 43.2 Å². The highest BCUT2D eigenvalue weighted by molar-refractivity contribution is 6.33. The Hall–Kier alpha value is -7.75. The van der Waals surface area contributed by atoms with Crippen LogP contribution in [0.2, 0.25) is 0 Å². The van der Waals surface area contributed by atoms with Crippen molar-refractivity contribution in [3.63, 3.8) is 0 Å². The van der Waals surface area contributed by atoms with Gasteiger partial charge in [-0.15, -0.1) is 0 Å². The average molecular weight is 738 g/mol. The minimum atomic E-state index is 0.699. The first-order valence-corrected chi connectivity index (χ1v) is 19.7. The fraction of sp³-hybridized carbons (Fsp3) is 0. The molecule has 0 aliphatic rings. The SMILES string of the molecule is c1ccc(-c2ccc(-c3cc(-c4cccc(-c5ccc(-c6nc7ccccc7c7c8ccccc8c8ccccc8c67)cc5)c4)nc(-c4ccccc4)n3)cc2)cc1. The molecule has 0 aliphatic carbocycles. The predicted molar refractivity (Wildman–Crippen MR) is 242 cm³/mol. The third-order valence-corrected chi connectivity index (χ3v) is 11.3. The van der Waals surface area contributed by atoms with Gasteiger partial charge in [0.05, 0.1) is 22.6 Å². The van der Waals surface area contributed by atoms with Gasteiger partial charge in [-0.1, -0.05) is 194 Å². The van der Waals surface area contributed by atoms with E-state index in [1.54, 1.807) is 0 Å². The van der Waals surface area contributed by atoms with Gasteiger partial charge in [0, 0.05) is 38.4 Å². The van der Waals surface area contributed by atoms with E-state index in [-0.39, 0.29) is 0 Å². The Morgan fingerprint density at radius 3 is 1.36 bits per heavy atom. The summed E-state index contributed by atoms with van der Waals surface area (Å²) in [5.41, 5.74) is 12.5. The van der Waals surface area contributed by atoms with Crippen LogP contribution in [0.3, 0.4) is 0 Å². The van der Waals surface area contributed by atoms with E-state index in [1.807, 2.05) is 24.3 Å². The third kappa shape index (κ3) is 5.89. The first kappa shape index (κ1) is 33.6. The van der Waals surface area contributed by atoms with Crippen LogP contribution in [0.4, 0.5) is 0 Å². The van der Waals surface area contributed by atoms with Gasteiger partial charge in [-0.05, 0) is 62.0 Å². The van der Waals surface area contributed by atoms with Gasteiger partial charge >= 0.3 is 0 Å². The molecule has 11 rings (SSSR count). The van der Waals surface area contributed by atoms with Crippen LogP contribution < -0.4 is 0 Å². The summed E-state index contributed by atoms with van der Waals surface area (Å²) >= 11 is 0. The summed E-state index contributed by atoms with van der Waals surface area (Å²) in [7, 11) is 0. The Morgan fingerprint density at radius 2 is 0.690 bits per heavy atom. The molecule has 9 aromatic carbocycles. The van der Waals surface area contributed by atoms with Crippen LogP contribution in [-0.2, 0) is 0 Å². The van der Waals surface area contributed by atoms with Crippen molar-refractivity contribution in [1.29, 1.82) is 0 Å². The normalized spacial score (nSPS) is 11.4.